The van der Waals surface area contributed by atoms with E-state index in [9.17, 15) is 4.39 Å². The molecule has 0 saturated carbocycles. The molecule has 0 bridgehead atoms. The van der Waals surface area contributed by atoms with Gasteiger partial charge in [0, 0.05) is 30.9 Å². The van der Waals surface area contributed by atoms with Gasteiger partial charge in [0.1, 0.15) is 5.82 Å². The maximum atomic E-state index is 13.4. The van der Waals surface area contributed by atoms with Gasteiger partial charge in [-0.1, -0.05) is 13.0 Å². The second-order valence-electron chi connectivity index (χ2n) is 4.68. The van der Waals surface area contributed by atoms with Gasteiger partial charge in [-0.05, 0) is 25.6 Å². The van der Waals surface area contributed by atoms with E-state index in [4.69, 9.17) is 4.74 Å². The summed E-state index contributed by atoms with van der Waals surface area (Å²) in [7, 11) is 0. The Morgan fingerprint density at radius 1 is 1.50 bits per heavy atom. The second-order valence-corrected chi connectivity index (χ2v) is 4.68. The second kappa shape index (κ2) is 6.16. The number of hydrogen-bond donors (Lipinski definition) is 1. The van der Waals surface area contributed by atoms with E-state index in [-0.39, 0.29) is 11.9 Å². The minimum Gasteiger partial charge on any atom is -0.382 e. The normalized spacial score (nSPS) is 20.9. The van der Waals surface area contributed by atoms with Crippen LogP contribution in [0.3, 0.4) is 0 Å². The van der Waals surface area contributed by atoms with Crippen molar-refractivity contribution in [3.05, 3.63) is 29.6 Å². The van der Waals surface area contributed by atoms with Crippen molar-refractivity contribution in [1.82, 2.24) is 4.90 Å². The molecule has 3 nitrogen and oxygen atoms in total. The highest BCUT2D eigenvalue weighted by Crippen LogP contribution is 2.17. The van der Waals surface area contributed by atoms with Gasteiger partial charge in [0.05, 0.1) is 12.7 Å². The van der Waals surface area contributed by atoms with Crippen molar-refractivity contribution in [2.75, 3.05) is 38.1 Å². The topological polar surface area (TPSA) is 24.5 Å². The molecular formula is C14H21FN2O. The van der Waals surface area contributed by atoms with Crippen molar-refractivity contribution in [1.29, 1.82) is 0 Å². The van der Waals surface area contributed by atoms with E-state index in [0.29, 0.717) is 5.56 Å². The van der Waals surface area contributed by atoms with E-state index in [1.165, 1.54) is 6.07 Å². The highest BCUT2D eigenvalue weighted by molar-refractivity contribution is 5.50. The molecule has 0 aromatic heterocycles. The maximum absolute atomic E-state index is 13.4. The van der Waals surface area contributed by atoms with Crippen LogP contribution in [0.5, 0.6) is 0 Å². The van der Waals surface area contributed by atoms with Crippen LogP contribution < -0.4 is 5.32 Å². The highest BCUT2D eigenvalue weighted by atomic mass is 19.1. The Labute approximate surface area is 108 Å². The molecule has 1 heterocycles. The fourth-order valence-corrected chi connectivity index (χ4v) is 2.21. The third-order valence-corrected chi connectivity index (χ3v) is 3.46. The average molecular weight is 252 g/mol. The Morgan fingerprint density at radius 2 is 2.33 bits per heavy atom. The first-order valence-electron chi connectivity index (χ1n) is 6.53. The Hall–Kier alpha value is -1.13. The molecule has 2 rings (SSSR count). The number of nitrogens with one attached hydrogen (secondary N) is 1. The summed E-state index contributed by atoms with van der Waals surface area (Å²) in [6.07, 6.45) is 0.182. The summed E-state index contributed by atoms with van der Waals surface area (Å²) in [5.41, 5.74) is 1.52. The van der Waals surface area contributed by atoms with E-state index in [2.05, 4.69) is 17.1 Å². The van der Waals surface area contributed by atoms with Crippen LogP contribution in [0.2, 0.25) is 0 Å². The zero-order valence-electron chi connectivity index (χ0n) is 11.1. The smallest absolute Gasteiger partial charge is 0.128 e. The molecule has 1 N–H and O–H groups in total. The molecular weight excluding hydrogens is 231 g/mol. The molecule has 1 aromatic rings. The SMILES string of the molecule is CCN1CCOC(CNc2cccc(F)c2C)C1. The number of anilines is 1. The van der Waals surface area contributed by atoms with Crippen LogP contribution in [0.4, 0.5) is 10.1 Å². The summed E-state index contributed by atoms with van der Waals surface area (Å²) in [5, 5.41) is 3.28. The fraction of sp³-hybridized carbons (Fsp3) is 0.571. The molecule has 100 valence electrons. The molecule has 1 aliphatic heterocycles. The largest absolute Gasteiger partial charge is 0.382 e. The average Bonchev–Trinajstić information content (AvgIpc) is 2.41. The van der Waals surface area contributed by atoms with Gasteiger partial charge in [-0.2, -0.15) is 0 Å². The molecule has 4 heteroatoms. The lowest BCUT2D eigenvalue weighted by atomic mass is 10.2. The highest BCUT2D eigenvalue weighted by Gasteiger charge is 2.19. The summed E-state index contributed by atoms with van der Waals surface area (Å²) in [6.45, 7) is 8.45. The fourth-order valence-electron chi connectivity index (χ4n) is 2.21. The Balaban J connectivity index is 1.89. The van der Waals surface area contributed by atoms with E-state index in [1.807, 2.05) is 6.07 Å². The predicted octanol–water partition coefficient (Wildman–Crippen LogP) is 2.27. The standard InChI is InChI=1S/C14H21FN2O/c1-3-17-7-8-18-12(10-17)9-16-14-6-4-5-13(15)11(14)2/h4-6,12,16H,3,7-10H2,1-2H3. The van der Waals surface area contributed by atoms with Crippen LogP contribution >= 0.6 is 0 Å². The minimum atomic E-state index is -0.167. The molecule has 1 aromatic carbocycles. The molecule has 1 atom stereocenters. The van der Waals surface area contributed by atoms with Gasteiger partial charge in [0.25, 0.3) is 0 Å². The molecule has 1 fully saturated rings. The number of hydrogen-bond acceptors (Lipinski definition) is 3. The molecule has 18 heavy (non-hydrogen) atoms. The van der Waals surface area contributed by atoms with Crippen LogP contribution in [0.1, 0.15) is 12.5 Å². The first kappa shape index (κ1) is 13.3. The summed E-state index contributed by atoms with van der Waals surface area (Å²) >= 11 is 0. The monoisotopic (exact) mass is 252 g/mol. The third kappa shape index (κ3) is 3.21. The molecule has 1 unspecified atom stereocenters. The van der Waals surface area contributed by atoms with E-state index in [1.54, 1.807) is 13.0 Å². The summed E-state index contributed by atoms with van der Waals surface area (Å²) in [4.78, 5) is 2.37. The number of morpholine rings is 1. The quantitative estimate of drug-likeness (QED) is 0.889. The van der Waals surface area contributed by atoms with E-state index in [0.717, 1.165) is 38.5 Å². The van der Waals surface area contributed by atoms with Crippen molar-refractivity contribution in [2.24, 2.45) is 0 Å². The lowest BCUT2D eigenvalue weighted by Crippen LogP contribution is -2.45. The van der Waals surface area contributed by atoms with Crippen LogP contribution in [-0.4, -0.2) is 43.8 Å². The van der Waals surface area contributed by atoms with E-state index < -0.39 is 0 Å². The first-order valence-corrected chi connectivity index (χ1v) is 6.53. The third-order valence-electron chi connectivity index (χ3n) is 3.46. The summed E-state index contributed by atoms with van der Waals surface area (Å²) in [5.74, 6) is -0.167. The lowest BCUT2D eigenvalue weighted by Gasteiger charge is -2.32. The van der Waals surface area contributed by atoms with Crippen LogP contribution in [0.25, 0.3) is 0 Å². The number of ether oxygens (including phenoxy) is 1. The number of nitrogens with zero attached hydrogens (tertiary/aromatic N) is 1. The van der Waals surface area contributed by atoms with Crippen LogP contribution in [0, 0.1) is 12.7 Å². The molecule has 0 amide bonds. The molecule has 0 spiro atoms. The van der Waals surface area contributed by atoms with Crippen molar-refractivity contribution in [3.8, 4) is 0 Å². The van der Waals surface area contributed by atoms with Gasteiger partial charge in [-0.15, -0.1) is 0 Å². The summed E-state index contributed by atoms with van der Waals surface area (Å²) in [6, 6.07) is 5.11. The lowest BCUT2D eigenvalue weighted by molar-refractivity contribution is -0.0191. The van der Waals surface area contributed by atoms with Crippen molar-refractivity contribution < 1.29 is 9.13 Å². The minimum absolute atomic E-state index is 0.167. The molecule has 1 aliphatic rings. The summed E-state index contributed by atoms with van der Waals surface area (Å²) < 4.78 is 19.1. The van der Waals surface area contributed by atoms with Gasteiger partial charge < -0.3 is 10.1 Å². The number of rotatable bonds is 4. The molecule has 0 radical (unpaired) electrons. The zero-order valence-corrected chi connectivity index (χ0v) is 11.1. The Kier molecular flexibility index (Phi) is 4.55. The molecule has 0 aliphatic carbocycles. The van der Waals surface area contributed by atoms with Gasteiger partial charge in [-0.3, -0.25) is 4.90 Å². The van der Waals surface area contributed by atoms with Crippen molar-refractivity contribution >= 4 is 5.69 Å². The predicted molar refractivity (Wildman–Crippen MR) is 71.5 cm³/mol. The first-order chi connectivity index (χ1) is 8.70. The van der Waals surface area contributed by atoms with Crippen LogP contribution in [0.15, 0.2) is 18.2 Å². The van der Waals surface area contributed by atoms with Gasteiger partial charge in [-0.25, -0.2) is 4.39 Å². The van der Waals surface area contributed by atoms with Crippen molar-refractivity contribution in [2.45, 2.75) is 20.0 Å². The zero-order chi connectivity index (χ0) is 13.0. The Morgan fingerprint density at radius 3 is 3.11 bits per heavy atom. The van der Waals surface area contributed by atoms with Gasteiger partial charge >= 0.3 is 0 Å². The maximum Gasteiger partial charge on any atom is 0.128 e. The van der Waals surface area contributed by atoms with E-state index >= 15 is 0 Å². The van der Waals surface area contributed by atoms with Crippen molar-refractivity contribution in [3.63, 3.8) is 0 Å². The van der Waals surface area contributed by atoms with Gasteiger partial charge in [0.2, 0.25) is 0 Å². The number of halogens is 1. The molecule has 1 saturated heterocycles. The Bertz CT molecular complexity index is 397. The van der Waals surface area contributed by atoms with Gasteiger partial charge in [0.15, 0.2) is 0 Å². The number of benzene rings is 1. The number of likely N-dealkylation sites (N-methyl/N-ethyl adjacent to an activating group) is 1. The van der Waals surface area contributed by atoms with Crippen LogP contribution in [-0.2, 0) is 4.74 Å².